The van der Waals surface area contributed by atoms with Crippen molar-refractivity contribution in [3.63, 3.8) is 0 Å². The van der Waals surface area contributed by atoms with Crippen LogP contribution in [0.3, 0.4) is 0 Å². The molecule has 6 atom stereocenters. The number of aromatic nitrogens is 4. The average Bonchev–Trinajstić information content (AvgIpc) is 2.09. The molecule has 2 saturated carbocycles. The molecule has 0 bridgehead atoms. The lowest BCUT2D eigenvalue weighted by molar-refractivity contribution is -0.138. The van der Waals surface area contributed by atoms with Crippen LogP contribution in [0.4, 0.5) is 26.3 Å². The van der Waals surface area contributed by atoms with Gasteiger partial charge in [-0.3, -0.25) is 9.59 Å². The largest absolute Gasteiger partial charge is 0.494 e. The van der Waals surface area contributed by atoms with Crippen LogP contribution in [-0.4, -0.2) is 84.5 Å². The number of nitrogens with zero attached hydrogens (tertiary/aromatic N) is 4. The molecule has 2 aromatic carbocycles. The van der Waals surface area contributed by atoms with Gasteiger partial charge in [0.1, 0.15) is 38.0 Å². The van der Waals surface area contributed by atoms with Crippen molar-refractivity contribution in [2.24, 2.45) is 23.7 Å². The van der Waals surface area contributed by atoms with Gasteiger partial charge in [0.15, 0.2) is 0 Å². The Hall–Kier alpha value is -6.46. The zero-order valence-electron chi connectivity index (χ0n) is 48.1. The van der Waals surface area contributed by atoms with E-state index >= 15 is 0 Å². The van der Waals surface area contributed by atoms with Crippen molar-refractivity contribution in [2.75, 3.05) is 13.2 Å². The van der Waals surface area contributed by atoms with Crippen LogP contribution in [0.15, 0.2) is 102 Å². The normalized spacial score (nSPS) is 21.3. The molecule has 14 nitrogen and oxygen atoms in total. The Balaban J connectivity index is 0.000000162. The Morgan fingerprint density at radius 2 is 1.04 bits per heavy atom. The standard InChI is InChI=1S/C28H27F3N2O4.C24H28BNO4.C10H11BrF3NO2/c1-15(34)25-19-8-18-9-23(33-12-21(18)26(19)25)36-13-16-5-4-6-17(7-16)20-11-32-24(37-14-27(2,3)35)10-22(20)28(29,30)31;1-14(27)21-18-10-16-11-20(26-12-19(16)22(18)21)28-13-15-7-6-8-17(9-15)25-29-23(2,3)24(4,5)30-25;1-9(2,16)5-17-8-3-6(10(12,13)14)7(11)4-15-8/h4-7,9-12,19,25-26,35H,8,13-14H2,1-3H3;6-9,11-12,18,21-22H,10,13H2,1-5H3;3-4,16H,5H2,1-2H3/t19-,25-,26+;18-,21-,22+;/m00./s1. The highest BCUT2D eigenvalue weighted by molar-refractivity contribution is 9.10. The summed E-state index contributed by atoms with van der Waals surface area (Å²) in [7, 11) is -0.381. The Kier molecular flexibility index (Phi) is 17.3. The quantitative estimate of drug-likeness (QED) is 0.0690. The van der Waals surface area contributed by atoms with E-state index in [0.717, 1.165) is 59.5 Å². The lowest BCUT2D eigenvalue weighted by Gasteiger charge is -2.32. The van der Waals surface area contributed by atoms with Crippen LogP contribution in [0.1, 0.15) is 126 Å². The predicted octanol–water partition coefficient (Wildman–Crippen LogP) is 11.8. The Morgan fingerprint density at radius 3 is 1.50 bits per heavy atom. The summed E-state index contributed by atoms with van der Waals surface area (Å²) >= 11 is 2.77. The summed E-state index contributed by atoms with van der Waals surface area (Å²) in [5, 5.41) is 19.2. The summed E-state index contributed by atoms with van der Waals surface area (Å²) in [4.78, 5) is 40.0. The SMILES string of the molecule is CC(=O)[C@H]1[C@@H]2Cc3cc(OCc4cccc(-c5cnc(OCC(C)(C)O)cc5C(F)(F)F)c4)ncc3[C@@H]21.CC(=O)[C@H]1[C@@H]2Cc3cc(OCc4cccc(B5OC(C)(C)C(C)(C)O5)c4)ncc3[C@@H]21.CC(C)(O)COc1cc(C(F)(F)F)c(Br)cn1. The third kappa shape index (κ3) is 14.4. The van der Waals surface area contributed by atoms with Gasteiger partial charge in [0.2, 0.25) is 23.5 Å². The number of carbonyl (C=O) groups is 2. The number of ketones is 2. The van der Waals surface area contributed by atoms with Crippen molar-refractivity contribution in [1.82, 2.24) is 19.9 Å². The third-order valence-electron chi connectivity index (χ3n) is 15.9. The zero-order chi connectivity index (χ0) is 61.1. The number of benzene rings is 2. The van der Waals surface area contributed by atoms with Gasteiger partial charge in [-0.05, 0) is 172 Å². The monoisotopic (exact) mass is 1230 g/mol. The molecule has 5 aliphatic rings. The minimum atomic E-state index is -4.63. The maximum Gasteiger partial charge on any atom is 0.494 e. The van der Waals surface area contributed by atoms with Crippen LogP contribution in [-0.2, 0) is 57.3 Å². The topological polar surface area (TPSA) is 182 Å². The minimum absolute atomic E-state index is 0.0835. The molecule has 11 rings (SSSR count). The van der Waals surface area contributed by atoms with Gasteiger partial charge in [-0.1, -0.05) is 42.5 Å². The summed E-state index contributed by atoms with van der Waals surface area (Å²) in [6, 6.07) is 20.3. The summed E-state index contributed by atoms with van der Waals surface area (Å²) in [5.41, 5.74) is 2.92. The van der Waals surface area contributed by atoms with E-state index in [4.69, 9.17) is 28.3 Å². The molecule has 1 aliphatic heterocycles. The fourth-order valence-electron chi connectivity index (χ4n) is 11.0. The number of ether oxygens (including phenoxy) is 4. The molecule has 0 radical (unpaired) electrons. The predicted molar refractivity (Wildman–Crippen MR) is 303 cm³/mol. The lowest BCUT2D eigenvalue weighted by atomic mass is 9.78. The van der Waals surface area contributed by atoms with Crippen LogP contribution in [0.25, 0.3) is 11.1 Å². The first kappa shape index (κ1) is 62.1. The molecule has 1 saturated heterocycles. The summed E-state index contributed by atoms with van der Waals surface area (Å²) < 4.78 is 114. The van der Waals surface area contributed by atoms with Crippen LogP contribution in [0.5, 0.6) is 23.5 Å². The van der Waals surface area contributed by atoms with Crippen LogP contribution < -0.4 is 24.4 Å². The third-order valence-corrected chi connectivity index (χ3v) is 16.5. The van der Waals surface area contributed by atoms with Crippen molar-refractivity contribution in [2.45, 2.75) is 142 Å². The molecule has 446 valence electrons. The fourth-order valence-corrected chi connectivity index (χ4v) is 11.4. The Bertz CT molecular complexity index is 3430. The first-order valence-corrected chi connectivity index (χ1v) is 28.2. The molecule has 4 aromatic heterocycles. The number of alkyl halides is 6. The van der Waals surface area contributed by atoms with E-state index in [9.17, 15) is 46.1 Å². The van der Waals surface area contributed by atoms with Crippen molar-refractivity contribution in [1.29, 1.82) is 0 Å². The zero-order valence-corrected chi connectivity index (χ0v) is 49.7. The number of hydrogen-bond donors (Lipinski definition) is 2. The Labute approximate surface area is 492 Å². The van der Waals surface area contributed by atoms with Gasteiger partial charge in [0.25, 0.3) is 0 Å². The average molecular weight is 1230 g/mol. The highest BCUT2D eigenvalue weighted by atomic mass is 79.9. The smallest absolute Gasteiger partial charge is 0.475 e. The number of aliphatic hydroxyl groups is 2. The van der Waals surface area contributed by atoms with Gasteiger partial charge >= 0.3 is 19.5 Å². The number of pyridine rings is 4. The van der Waals surface area contributed by atoms with Crippen molar-refractivity contribution in [3.8, 4) is 34.6 Å². The number of halogens is 7. The van der Waals surface area contributed by atoms with E-state index in [1.54, 1.807) is 44.3 Å². The molecule has 4 aliphatic carbocycles. The highest BCUT2D eigenvalue weighted by Crippen LogP contribution is 2.63. The molecular weight excluding hydrogens is 1170 g/mol. The Morgan fingerprint density at radius 1 is 0.607 bits per heavy atom. The number of carbonyl (C=O) groups excluding carboxylic acids is 2. The van der Waals surface area contributed by atoms with Crippen molar-refractivity contribution >= 4 is 40.1 Å². The second-order valence-electron chi connectivity index (χ2n) is 24.4. The molecular formula is C62H66BBrF6N4O10. The molecule has 0 amide bonds. The lowest BCUT2D eigenvalue weighted by Crippen LogP contribution is -2.41. The van der Waals surface area contributed by atoms with Gasteiger partial charge in [0, 0.05) is 70.9 Å². The summed E-state index contributed by atoms with van der Waals surface area (Å²) in [6.45, 7) is 17.7. The van der Waals surface area contributed by atoms with Crippen LogP contribution >= 0.6 is 15.9 Å². The molecule has 6 aromatic rings. The van der Waals surface area contributed by atoms with E-state index < -0.39 is 34.7 Å². The van der Waals surface area contributed by atoms with E-state index in [1.165, 1.54) is 38.8 Å². The molecule has 3 fully saturated rings. The number of rotatable bonds is 16. The molecule has 2 N–H and O–H groups in total. The number of hydrogen-bond acceptors (Lipinski definition) is 14. The second kappa shape index (κ2) is 23.4. The fraction of sp³-hybridized carbons (Fsp3) is 0.452. The van der Waals surface area contributed by atoms with E-state index in [1.807, 2.05) is 36.5 Å². The molecule has 0 unspecified atom stereocenters. The maximum atomic E-state index is 13.9. The molecule has 84 heavy (non-hydrogen) atoms. The van der Waals surface area contributed by atoms with E-state index in [0.29, 0.717) is 53.0 Å². The van der Waals surface area contributed by atoms with Gasteiger partial charge in [-0.2, -0.15) is 26.3 Å². The highest BCUT2D eigenvalue weighted by Gasteiger charge is 2.59. The summed E-state index contributed by atoms with van der Waals surface area (Å²) in [6.07, 6.45) is -1.49. The number of Topliss-reactive ketones (excluding diaryl/α,β-unsaturated/α-hetero) is 2. The number of fused-ring (bicyclic) bond motifs is 6. The van der Waals surface area contributed by atoms with E-state index in [-0.39, 0.29) is 83.5 Å². The van der Waals surface area contributed by atoms with Gasteiger partial charge in [0.05, 0.1) is 33.5 Å². The van der Waals surface area contributed by atoms with Gasteiger partial charge in [-0.15, -0.1) is 0 Å². The minimum Gasteiger partial charge on any atom is -0.475 e. The van der Waals surface area contributed by atoms with Crippen molar-refractivity contribution < 1.29 is 74.4 Å². The molecule has 5 heterocycles. The van der Waals surface area contributed by atoms with E-state index in [2.05, 4.69) is 69.6 Å². The van der Waals surface area contributed by atoms with Crippen LogP contribution in [0, 0.1) is 23.7 Å². The second-order valence-corrected chi connectivity index (χ2v) is 25.2. The van der Waals surface area contributed by atoms with Gasteiger partial charge < -0.3 is 38.5 Å². The summed E-state index contributed by atoms with van der Waals surface area (Å²) in [5.74, 6) is 3.03. The molecule has 22 heteroatoms. The molecule has 0 spiro atoms. The van der Waals surface area contributed by atoms with Crippen molar-refractivity contribution in [3.05, 3.63) is 147 Å². The first-order chi connectivity index (χ1) is 39.2. The maximum absolute atomic E-state index is 13.9. The van der Waals surface area contributed by atoms with Crippen LogP contribution in [0.2, 0.25) is 0 Å². The first-order valence-electron chi connectivity index (χ1n) is 27.4. The van der Waals surface area contributed by atoms with Gasteiger partial charge in [-0.25, -0.2) is 19.9 Å².